The van der Waals surface area contributed by atoms with Crippen LogP contribution in [0.2, 0.25) is 0 Å². The lowest BCUT2D eigenvalue weighted by molar-refractivity contribution is -0.133. The molecule has 0 radical (unpaired) electrons. The Bertz CT molecular complexity index is 1360. The summed E-state index contributed by atoms with van der Waals surface area (Å²) in [6.45, 7) is 1.93. The van der Waals surface area contributed by atoms with Crippen LogP contribution in [0.3, 0.4) is 0 Å². The van der Waals surface area contributed by atoms with Crippen LogP contribution in [0.5, 0.6) is 0 Å². The van der Waals surface area contributed by atoms with Gasteiger partial charge in [-0.1, -0.05) is 72.8 Å². The number of nitrogens with one attached hydrogen (secondary N) is 1. The molecule has 182 valence electrons. The highest BCUT2D eigenvalue weighted by atomic mass is 32.1. The highest BCUT2D eigenvalue weighted by Gasteiger charge is 2.52. The molecule has 4 aromatic rings. The van der Waals surface area contributed by atoms with Gasteiger partial charge in [0.05, 0.1) is 21.9 Å². The number of rotatable bonds is 6. The van der Waals surface area contributed by atoms with Crippen molar-refractivity contribution in [2.24, 2.45) is 0 Å². The van der Waals surface area contributed by atoms with Crippen LogP contribution in [0.1, 0.15) is 34.9 Å². The van der Waals surface area contributed by atoms with Crippen LogP contribution in [0.4, 0.5) is 4.79 Å². The molecule has 0 spiro atoms. The van der Waals surface area contributed by atoms with E-state index < -0.39 is 5.54 Å². The van der Waals surface area contributed by atoms with Crippen LogP contribution in [0.15, 0.2) is 84.9 Å². The first-order valence-corrected chi connectivity index (χ1v) is 13.3. The molecule has 0 saturated carbocycles. The van der Waals surface area contributed by atoms with Crippen molar-refractivity contribution in [2.45, 2.75) is 30.7 Å². The maximum atomic E-state index is 14.0. The number of likely N-dealkylation sites (tertiary alicyclic amines) is 1. The Balaban J connectivity index is 1.24. The fourth-order valence-corrected chi connectivity index (χ4v) is 6.54. The number of para-hydroxylation sites is 1. The average molecular weight is 497 g/mol. The lowest BCUT2D eigenvalue weighted by Crippen LogP contribution is -2.48. The Morgan fingerprint density at radius 2 is 1.67 bits per heavy atom. The van der Waals surface area contributed by atoms with E-state index in [0.717, 1.165) is 47.6 Å². The molecule has 3 heterocycles. The first kappa shape index (κ1) is 22.9. The van der Waals surface area contributed by atoms with Gasteiger partial charge in [-0.05, 0) is 42.6 Å². The number of benzene rings is 3. The van der Waals surface area contributed by atoms with Crippen molar-refractivity contribution >= 4 is 33.5 Å². The van der Waals surface area contributed by atoms with Gasteiger partial charge in [0.2, 0.25) is 0 Å². The zero-order valence-corrected chi connectivity index (χ0v) is 20.8. The van der Waals surface area contributed by atoms with Crippen molar-refractivity contribution in [3.05, 3.63) is 101 Å². The summed E-state index contributed by atoms with van der Waals surface area (Å²) in [7, 11) is 0. The molecule has 2 aliphatic heterocycles. The van der Waals surface area contributed by atoms with Gasteiger partial charge in [0.25, 0.3) is 5.91 Å². The number of carbonyl (C=O) groups excluding carboxylic acids is 2. The number of nitrogens with zero attached hydrogens (tertiary/aromatic N) is 3. The second-order valence-corrected chi connectivity index (χ2v) is 10.7. The van der Waals surface area contributed by atoms with Gasteiger partial charge in [-0.25, -0.2) is 14.7 Å². The van der Waals surface area contributed by atoms with Crippen molar-refractivity contribution in [3.8, 4) is 0 Å². The summed E-state index contributed by atoms with van der Waals surface area (Å²) in [4.78, 5) is 35.8. The predicted octanol–water partition coefficient (Wildman–Crippen LogP) is 5.12. The van der Waals surface area contributed by atoms with E-state index >= 15 is 0 Å². The van der Waals surface area contributed by atoms with Gasteiger partial charge in [0.15, 0.2) is 5.54 Å². The van der Waals surface area contributed by atoms with E-state index in [2.05, 4.69) is 22.3 Å². The third kappa shape index (κ3) is 4.18. The van der Waals surface area contributed by atoms with E-state index in [0.29, 0.717) is 12.3 Å². The molecule has 2 aliphatic rings. The number of urea groups is 1. The summed E-state index contributed by atoms with van der Waals surface area (Å²) in [6.07, 6.45) is 2.49. The standard InChI is InChI=1S/C29H28N4O2S/c34-27-29(23-13-5-2-6-14-23,18-21-10-3-1-4-11-21)31-28(35)33(27)20-32-17-9-12-22(19-32)26-30-24-15-7-8-16-25(24)36-26/h1-8,10-11,13-16,22H,9,12,17-20H2,(H,31,35)/t22-,29+/m0/s1. The second kappa shape index (κ2) is 9.48. The van der Waals surface area contributed by atoms with Gasteiger partial charge in [-0.3, -0.25) is 9.69 Å². The number of amides is 3. The number of carbonyl (C=O) groups is 2. The molecule has 0 unspecified atom stereocenters. The van der Waals surface area contributed by atoms with Crippen LogP contribution in [-0.2, 0) is 16.8 Å². The quantitative estimate of drug-likeness (QED) is 0.376. The zero-order chi connectivity index (χ0) is 24.5. The number of aromatic nitrogens is 1. The average Bonchev–Trinajstić information content (AvgIpc) is 3.46. The minimum atomic E-state index is -1.11. The van der Waals surface area contributed by atoms with Crippen molar-refractivity contribution in [1.29, 1.82) is 0 Å². The van der Waals surface area contributed by atoms with E-state index in [1.165, 1.54) is 9.60 Å². The highest BCUT2D eigenvalue weighted by Crippen LogP contribution is 2.35. The summed E-state index contributed by atoms with van der Waals surface area (Å²) in [5, 5.41) is 4.22. The van der Waals surface area contributed by atoms with Gasteiger partial charge in [-0.15, -0.1) is 11.3 Å². The maximum absolute atomic E-state index is 14.0. The zero-order valence-electron chi connectivity index (χ0n) is 20.0. The molecule has 0 bridgehead atoms. The number of fused-ring (bicyclic) bond motifs is 1. The topological polar surface area (TPSA) is 65.5 Å². The summed E-state index contributed by atoms with van der Waals surface area (Å²) in [5.74, 6) is 0.116. The van der Waals surface area contributed by atoms with E-state index in [-0.39, 0.29) is 18.6 Å². The fourth-order valence-electron chi connectivity index (χ4n) is 5.45. The molecule has 2 saturated heterocycles. The lowest BCUT2D eigenvalue weighted by Gasteiger charge is -2.34. The first-order valence-electron chi connectivity index (χ1n) is 12.4. The van der Waals surface area contributed by atoms with Crippen LogP contribution in [0, 0.1) is 0 Å². The molecule has 6 rings (SSSR count). The van der Waals surface area contributed by atoms with Crippen molar-refractivity contribution in [3.63, 3.8) is 0 Å². The molecule has 6 nitrogen and oxygen atoms in total. The largest absolute Gasteiger partial charge is 0.326 e. The molecule has 2 fully saturated rings. The van der Waals surface area contributed by atoms with E-state index in [1.807, 2.05) is 72.8 Å². The van der Waals surface area contributed by atoms with Gasteiger partial charge in [0.1, 0.15) is 0 Å². The van der Waals surface area contributed by atoms with Crippen molar-refractivity contribution < 1.29 is 9.59 Å². The molecule has 0 aliphatic carbocycles. The Labute approximate surface area is 214 Å². The SMILES string of the molecule is O=C1N[C@](Cc2ccccc2)(c2ccccc2)C(=O)N1CN1CCC[C@H](c2nc3ccccc3s2)C1. The number of hydrogen-bond acceptors (Lipinski definition) is 5. The fraction of sp³-hybridized carbons (Fsp3) is 0.276. The third-order valence-electron chi connectivity index (χ3n) is 7.26. The van der Waals surface area contributed by atoms with Crippen LogP contribution < -0.4 is 5.32 Å². The van der Waals surface area contributed by atoms with Crippen LogP contribution in [0.25, 0.3) is 10.2 Å². The molecular formula is C29H28N4O2S. The van der Waals surface area contributed by atoms with Gasteiger partial charge >= 0.3 is 6.03 Å². The van der Waals surface area contributed by atoms with Crippen LogP contribution in [-0.4, -0.2) is 46.5 Å². The molecule has 1 N–H and O–H groups in total. The van der Waals surface area contributed by atoms with Crippen molar-refractivity contribution in [1.82, 2.24) is 20.1 Å². The van der Waals surface area contributed by atoms with Gasteiger partial charge < -0.3 is 5.32 Å². The minimum absolute atomic E-state index is 0.190. The second-order valence-electron chi connectivity index (χ2n) is 9.67. The van der Waals surface area contributed by atoms with Gasteiger partial charge in [-0.2, -0.15) is 0 Å². The number of hydrogen-bond donors (Lipinski definition) is 1. The Morgan fingerprint density at radius 3 is 2.44 bits per heavy atom. The number of imide groups is 1. The summed E-state index contributed by atoms with van der Waals surface area (Å²) >= 11 is 1.75. The lowest BCUT2D eigenvalue weighted by atomic mass is 9.83. The van der Waals surface area contributed by atoms with Crippen molar-refractivity contribution in [2.75, 3.05) is 19.8 Å². The molecule has 3 aromatic carbocycles. The Morgan fingerprint density at radius 1 is 0.944 bits per heavy atom. The monoisotopic (exact) mass is 496 g/mol. The van der Waals surface area contributed by atoms with E-state index in [9.17, 15) is 9.59 Å². The third-order valence-corrected chi connectivity index (χ3v) is 8.46. The summed E-state index contributed by atoms with van der Waals surface area (Å²) in [5.41, 5.74) is 1.74. The summed E-state index contributed by atoms with van der Waals surface area (Å²) in [6, 6.07) is 27.4. The normalized spacial score (nSPS) is 22.8. The molecule has 7 heteroatoms. The molecule has 2 atom stereocenters. The Hall–Kier alpha value is -3.55. The number of thiazole rings is 1. The molecular weight excluding hydrogens is 468 g/mol. The Kier molecular flexibility index (Phi) is 6.03. The maximum Gasteiger partial charge on any atom is 0.326 e. The molecule has 36 heavy (non-hydrogen) atoms. The molecule has 1 aromatic heterocycles. The van der Waals surface area contributed by atoms with Crippen LogP contribution >= 0.6 is 11.3 Å². The first-order chi connectivity index (χ1) is 17.6. The van der Waals surface area contributed by atoms with E-state index in [4.69, 9.17) is 4.98 Å². The molecule has 3 amide bonds. The number of piperidine rings is 1. The predicted molar refractivity (Wildman–Crippen MR) is 142 cm³/mol. The van der Waals surface area contributed by atoms with E-state index in [1.54, 1.807) is 11.3 Å². The smallest absolute Gasteiger partial charge is 0.319 e. The highest BCUT2D eigenvalue weighted by molar-refractivity contribution is 7.18. The van der Waals surface area contributed by atoms with Gasteiger partial charge in [0, 0.05) is 18.9 Å². The minimum Gasteiger partial charge on any atom is -0.319 e. The summed E-state index contributed by atoms with van der Waals surface area (Å²) < 4.78 is 1.20.